The maximum absolute atomic E-state index is 6.26. The van der Waals surface area contributed by atoms with Gasteiger partial charge in [-0.15, -0.1) is 0 Å². The van der Waals surface area contributed by atoms with E-state index in [1.165, 1.54) is 5.56 Å². The van der Waals surface area contributed by atoms with Gasteiger partial charge in [0, 0.05) is 22.6 Å². The summed E-state index contributed by atoms with van der Waals surface area (Å²) in [5.41, 5.74) is 7.55. The third-order valence-electron chi connectivity index (χ3n) is 3.75. The van der Waals surface area contributed by atoms with Crippen LogP contribution in [0.25, 0.3) is 0 Å². The molecule has 0 bridgehead atoms. The van der Waals surface area contributed by atoms with Gasteiger partial charge in [0.25, 0.3) is 0 Å². The number of hydrogen-bond donors (Lipinski definition) is 1. The Bertz CT molecular complexity index is 417. The van der Waals surface area contributed by atoms with E-state index in [-0.39, 0.29) is 17.6 Å². The van der Waals surface area contributed by atoms with Gasteiger partial charge in [-0.3, -0.25) is 4.90 Å². The van der Waals surface area contributed by atoms with Crippen molar-refractivity contribution in [1.29, 1.82) is 0 Å². The van der Waals surface area contributed by atoms with Gasteiger partial charge in [0.1, 0.15) is 0 Å². The summed E-state index contributed by atoms with van der Waals surface area (Å²) < 4.78 is 6.71. The highest BCUT2D eigenvalue weighted by molar-refractivity contribution is 9.10. The lowest BCUT2D eigenvalue weighted by atomic mass is 9.92. The summed E-state index contributed by atoms with van der Waals surface area (Å²) in [7, 11) is 0. The molecule has 2 unspecified atom stereocenters. The summed E-state index contributed by atoms with van der Waals surface area (Å²) >= 11 is 3.49. The molecule has 1 fully saturated rings. The van der Waals surface area contributed by atoms with Gasteiger partial charge < -0.3 is 10.5 Å². The largest absolute Gasteiger partial charge is 0.378 e. The molecular weight excluding hydrogens is 304 g/mol. The monoisotopic (exact) mass is 326 g/mol. The standard InChI is InChI=1S/C15H23BrN2O/c1-11(17)14(12-4-6-13(16)7-5-12)18-8-9-19-10-15(18,2)3/h4-7,11,14H,8-10,17H2,1-3H3. The minimum atomic E-state index is 0.0175. The minimum Gasteiger partial charge on any atom is -0.378 e. The van der Waals surface area contributed by atoms with Crippen LogP contribution in [-0.4, -0.2) is 36.2 Å². The molecular formula is C15H23BrN2O. The number of halogens is 1. The van der Waals surface area contributed by atoms with Crippen LogP contribution in [0.4, 0.5) is 0 Å². The van der Waals surface area contributed by atoms with Crippen molar-refractivity contribution in [2.45, 2.75) is 38.4 Å². The van der Waals surface area contributed by atoms with Crippen LogP contribution in [0.1, 0.15) is 32.4 Å². The van der Waals surface area contributed by atoms with Crippen molar-refractivity contribution in [2.75, 3.05) is 19.8 Å². The lowest BCUT2D eigenvalue weighted by molar-refractivity contribution is -0.0766. The molecule has 0 amide bonds. The van der Waals surface area contributed by atoms with Crippen LogP contribution < -0.4 is 5.73 Å². The third-order valence-corrected chi connectivity index (χ3v) is 4.28. The number of benzene rings is 1. The highest BCUT2D eigenvalue weighted by Gasteiger charge is 2.37. The van der Waals surface area contributed by atoms with E-state index in [1.54, 1.807) is 0 Å². The Kier molecular flexibility index (Phi) is 4.66. The molecule has 1 aromatic carbocycles. The van der Waals surface area contributed by atoms with Crippen molar-refractivity contribution < 1.29 is 4.74 Å². The van der Waals surface area contributed by atoms with Crippen molar-refractivity contribution in [3.05, 3.63) is 34.3 Å². The van der Waals surface area contributed by atoms with Crippen molar-refractivity contribution in [3.63, 3.8) is 0 Å². The molecule has 106 valence electrons. The van der Waals surface area contributed by atoms with Crippen molar-refractivity contribution in [2.24, 2.45) is 5.73 Å². The molecule has 3 nitrogen and oxygen atoms in total. The van der Waals surface area contributed by atoms with E-state index in [0.717, 1.165) is 24.2 Å². The molecule has 2 rings (SSSR count). The highest BCUT2D eigenvalue weighted by atomic mass is 79.9. The zero-order valence-electron chi connectivity index (χ0n) is 11.9. The zero-order chi connectivity index (χ0) is 14.0. The van der Waals surface area contributed by atoms with E-state index in [0.29, 0.717) is 0 Å². The first-order valence-corrected chi connectivity index (χ1v) is 7.56. The number of ether oxygens (including phenoxy) is 1. The molecule has 1 aliphatic rings. The second kappa shape index (κ2) is 5.92. The Hall–Kier alpha value is -0.420. The van der Waals surface area contributed by atoms with E-state index >= 15 is 0 Å². The second-order valence-electron chi connectivity index (χ2n) is 5.91. The summed E-state index contributed by atoms with van der Waals surface area (Å²) in [6.07, 6.45) is 0. The van der Waals surface area contributed by atoms with E-state index in [9.17, 15) is 0 Å². The second-order valence-corrected chi connectivity index (χ2v) is 6.83. The molecule has 2 N–H and O–H groups in total. The van der Waals surface area contributed by atoms with Gasteiger partial charge >= 0.3 is 0 Å². The van der Waals surface area contributed by atoms with Gasteiger partial charge in [-0.1, -0.05) is 28.1 Å². The first kappa shape index (κ1) is 15.0. The first-order chi connectivity index (χ1) is 8.92. The van der Waals surface area contributed by atoms with Gasteiger partial charge in [0.2, 0.25) is 0 Å². The fraction of sp³-hybridized carbons (Fsp3) is 0.600. The van der Waals surface area contributed by atoms with Gasteiger partial charge in [0.15, 0.2) is 0 Å². The molecule has 0 saturated carbocycles. The molecule has 0 aromatic heterocycles. The van der Waals surface area contributed by atoms with Gasteiger partial charge in [-0.05, 0) is 38.5 Å². The third kappa shape index (κ3) is 3.37. The Balaban J connectivity index is 2.31. The van der Waals surface area contributed by atoms with E-state index < -0.39 is 0 Å². The summed E-state index contributed by atoms with van der Waals surface area (Å²) in [6.45, 7) is 8.99. The smallest absolute Gasteiger partial charge is 0.0645 e. The molecule has 1 aromatic rings. The quantitative estimate of drug-likeness (QED) is 0.928. The summed E-state index contributed by atoms with van der Waals surface area (Å²) in [5.74, 6) is 0. The number of rotatable bonds is 3. The highest BCUT2D eigenvalue weighted by Crippen LogP contribution is 2.32. The first-order valence-electron chi connectivity index (χ1n) is 6.77. The topological polar surface area (TPSA) is 38.5 Å². The average molecular weight is 327 g/mol. The van der Waals surface area contributed by atoms with Crippen LogP contribution in [-0.2, 0) is 4.74 Å². The van der Waals surface area contributed by atoms with E-state index in [4.69, 9.17) is 10.5 Å². The van der Waals surface area contributed by atoms with E-state index in [1.807, 2.05) is 0 Å². The molecule has 1 heterocycles. The van der Waals surface area contributed by atoms with Crippen molar-refractivity contribution >= 4 is 15.9 Å². The molecule has 4 heteroatoms. The Labute approximate surface area is 124 Å². The van der Waals surface area contributed by atoms with Crippen LogP contribution in [0, 0.1) is 0 Å². The fourth-order valence-electron chi connectivity index (χ4n) is 2.81. The molecule has 2 atom stereocenters. The number of hydrogen-bond acceptors (Lipinski definition) is 3. The predicted molar refractivity (Wildman–Crippen MR) is 82.1 cm³/mol. The lowest BCUT2D eigenvalue weighted by Gasteiger charge is -2.48. The van der Waals surface area contributed by atoms with Crippen molar-refractivity contribution in [3.8, 4) is 0 Å². The van der Waals surface area contributed by atoms with Crippen LogP contribution >= 0.6 is 15.9 Å². The van der Waals surface area contributed by atoms with Gasteiger partial charge in [-0.2, -0.15) is 0 Å². The van der Waals surface area contributed by atoms with Gasteiger partial charge in [-0.25, -0.2) is 0 Å². The predicted octanol–water partition coefficient (Wildman–Crippen LogP) is 2.95. The fourth-order valence-corrected chi connectivity index (χ4v) is 3.08. The number of morpholine rings is 1. The summed E-state index contributed by atoms with van der Waals surface area (Å²) in [4.78, 5) is 2.48. The molecule has 0 spiro atoms. The SMILES string of the molecule is CC(N)C(c1ccc(Br)cc1)N1CCOCC1(C)C. The van der Waals surface area contributed by atoms with Crippen LogP contribution in [0.5, 0.6) is 0 Å². The maximum atomic E-state index is 6.26. The number of nitrogens with two attached hydrogens (primary N) is 1. The van der Waals surface area contributed by atoms with Crippen LogP contribution in [0.15, 0.2) is 28.7 Å². The normalized spacial score (nSPS) is 23.0. The Morgan fingerprint density at radius 1 is 1.32 bits per heavy atom. The van der Waals surface area contributed by atoms with E-state index in [2.05, 4.69) is 65.9 Å². The molecule has 0 aliphatic carbocycles. The summed E-state index contributed by atoms with van der Waals surface area (Å²) in [5, 5.41) is 0. The Morgan fingerprint density at radius 3 is 2.47 bits per heavy atom. The lowest BCUT2D eigenvalue weighted by Crippen LogP contribution is -2.57. The molecule has 0 radical (unpaired) electrons. The average Bonchev–Trinajstić information content (AvgIpc) is 2.33. The van der Waals surface area contributed by atoms with Crippen LogP contribution in [0.3, 0.4) is 0 Å². The zero-order valence-corrected chi connectivity index (χ0v) is 13.5. The molecule has 1 saturated heterocycles. The van der Waals surface area contributed by atoms with Gasteiger partial charge in [0.05, 0.1) is 19.3 Å². The van der Waals surface area contributed by atoms with Crippen LogP contribution in [0.2, 0.25) is 0 Å². The Morgan fingerprint density at radius 2 is 1.95 bits per heavy atom. The molecule has 19 heavy (non-hydrogen) atoms. The summed E-state index contributed by atoms with van der Waals surface area (Å²) in [6, 6.07) is 8.79. The van der Waals surface area contributed by atoms with Crippen molar-refractivity contribution in [1.82, 2.24) is 4.90 Å². The minimum absolute atomic E-state index is 0.0175. The molecule has 1 aliphatic heterocycles. The number of nitrogens with zero attached hydrogens (tertiary/aromatic N) is 1. The maximum Gasteiger partial charge on any atom is 0.0645 e.